The molecule has 1 aromatic heterocycles. The Morgan fingerprint density at radius 3 is 2.52 bits per heavy atom. The molecule has 0 saturated heterocycles. The average molecular weight is 398 g/mol. The van der Waals surface area contributed by atoms with Crippen LogP contribution in [0.4, 0.5) is 10.1 Å². The Hall–Kier alpha value is -3.46. The van der Waals surface area contributed by atoms with Gasteiger partial charge in [-0.2, -0.15) is 0 Å². The SMILES string of the molecule is COc1cc(NC(=O)c2nnn3c2CO[C@H](c2ccc(F)cc2)C3)cc(OC)c1. The molecule has 0 bridgehead atoms. The van der Waals surface area contributed by atoms with Gasteiger partial charge in [0.15, 0.2) is 5.69 Å². The molecule has 1 aliphatic rings. The van der Waals surface area contributed by atoms with Gasteiger partial charge < -0.3 is 19.5 Å². The van der Waals surface area contributed by atoms with Gasteiger partial charge >= 0.3 is 0 Å². The standard InChI is InChI=1S/C20H19FN4O4/c1-27-15-7-14(8-16(9-15)28-2)22-20(26)19-17-11-29-18(10-25(17)24-23-19)12-3-5-13(21)6-4-12/h3-9,18H,10-11H2,1-2H3,(H,22,26)/t18-/m0/s1. The van der Waals surface area contributed by atoms with E-state index in [-0.39, 0.29) is 24.2 Å². The van der Waals surface area contributed by atoms with E-state index >= 15 is 0 Å². The number of nitrogens with zero attached hydrogens (tertiary/aromatic N) is 3. The van der Waals surface area contributed by atoms with Crippen LogP contribution in [0.2, 0.25) is 0 Å². The number of rotatable bonds is 5. The van der Waals surface area contributed by atoms with Crippen molar-refractivity contribution in [2.75, 3.05) is 19.5 Å². The minimum absolute atomic E-state index is 0.166. The van der Waals surface area contributed by atoms with Crippen molar-refractivity contribution in [3.63, 3.8) is 0 Å². The van der Waals surface area contributed by atoms with Crippen molar-refractivity contribution in [1.29, 1.82) is 0 Å². The van der Waals surface area contributed by atoms with E-state index in [1.807, 2.05) is 0 Å². The molecule has 0 saturated carbocycles. The van der Waals surface area contributed by atoms with Crippen LogP contribution >= 0.6 is 0 Å². The Kier molecular flexibility index (Phi) is 5.13. The van der Waals surface area contributed by atoms with Crippen LogP contribution in [-0.4, -0.2) is 35.1 Å². The number of anilines is 1. The molecule has 0 fully saturated rings. The number of halogens is 1. The molecule has 9 heteroatoms. The zero-order valence-electron chi connectivity index (χ0n) is 15.9. The number of carbonyl (C=O) groups excluding carboxylic acids is 1. The van der Waals surface area contributed by atoms with E-state index < -0.39 is 5.91 Å². The minimum atomic E-state index is -0.412. The van der Waals surface area contributed by atoms with Crippen molar-refractivity contribution in [2.45, 2.75) is 19.3 Å². The lowest BCUT2D eigenvalue weighted by atomic mass is 10.1. The summed E-state index contributed by atoms with van der Waals surface area (Å²) in [6.45, 7) is 0.549. The lowest BCUT2D eigenvalue weighted by Crippen LogP contribution is -2.24. The Morgan fingerprint density at radius 2 is 1.86 bits per heavy atom. The van der Waals surface area contributed by atoms with Gasteiger partial charge in [-0.25, -0.2) is 9.07 Å². The molecule has 1 aliphatic heterocycles. The average Bonchev–Trinajstić information content (AvgIpc) is 3.17. The Labute approximate surface area is 166 Å². The van der Waals surface area contributed by atoms with Gasteiger partial charge in [-0.05, 0) is 17.7 Å². The monoisotopic (exact) mass is 398 g/mol. The number of amides is 1. The fourth-order valence-corrected chi connectivity index (χ4v) is 3.14. The van der Waals surface area contributed by atoms with Crippen LogP contribution in [0.25, 0.3) is 0 Å². The molecule has 0 spiro atoms. The summed E-state index contributed by atoms with van der Waals surface area (Å²) < 4.78 is 31.1. The molecule has 29 heavy (non-hydrogen) atoms. The third-order valence-corrected chi connectivity index (χ3v) is 4.66. The maximum Gasteiger partial charge on any atom is 0.278 e. The van der Waals surface area contributed by atoms with Crippen LogP contribution in [0.3, 0.4) is 0 Å². The van der Waals surface area contributed by atoms with Gasteiger partial charge in [0.25, 0.3) is 5.91 Å². The molecule has 150 valence electrons. The lowest BCUT2D eigenvalue weighted by molar-refractivity contribution is -0.00174. The van der Waals surface area contributed by atoms with Gasteiger partial charge in [0.2, 0.25) is 0 Å². The van der Waals surface area contributed by atoms with Crippen molar-refractivity contribution in [3.05, 3.63) is 65.2 Å². The van der Waals surface area contributed by atoms with Gasteiger partial charge in [-0.3, -0.25) is 4.79 Å². The lowest BCUT2D eigenvalue weighted by Gasteiger charge is -2.24. The first-order chi connectivity index (χ1) is 14.1. The second-order valence-corrected chi connectivity index (χ2v) is 6.47. The predicted octanol–water partition coefficient (Wildman–Crippen LogP) is 2.96. The molecule has 0 aliphatic carbocycles. The highest BCUT2D eigenvalue weighted by Gasteiger charge is 2.28. The number of hydrogen-bond donors (Lipinski definition) is 1. The number of aromatic nitrogens is 3. The van der Waals surface area contributed by atoms with E-state index in [1.165, 1.54) is 26.4 Å². The van der Waals surface area contributed by atoms with E-state index in [0.29, 0.717) is 29.4 Å². The van der Waals surface area contributed by atoms with Crippen molar-refractivity contribution in [1.82, 2.24) is 15.0 Å². The first-order valence-corrected chi connectivity index (χ1v) is 8.91. The number of methoxy groups -OCH3 is 2. The quantitative estimate of drug-likeness (QED) is 0.711. The molecule has 2 aromatic carbocycles. The zero-order valence-corrected chi connectivity index (χ0v) is 15.9. The molecule has 0 radical (unpaired) electrons. The summed E-state index contributed by atoms with van der Waals surface area (Å²) in [5.74, 6) is 0.384. The molecular weight excluding hydrogens is 379 g/mol. The number of nitrogens with one attached hydrogen (secondary N) is 1. The summed E-state index contributed by atoms with van der Waals surface area (Å²) in [4.78, 5) is 12.7. The van der Waals surface area contributed by atoms with Crippen LogP contribution in [0.5, 0.6) is 11.5 Å². The fraction of sp³-hybridized carbons (Fsp3) is 0.250. The minimum Gasteiger partial charge on any atom is -0.497 e. The molecule has 1 N–H and O–H groups in total. The van der Waals surface area contributed by atoms with E-state index in [2.05, 4.69) is 15.6 Å². The van der Waals surface area contributed by atoms with E-state index in [1.54, 1.807) is 35.0 Å². The Balaban J connectivity index is 1.52. The summed E-state index contributed by atoms with van der Waals surface area (Å²) in [5.41, 5.74) is 2.11. The Bertz CT molecular complexity index is 1010. The van der Waals surface area contributed by atoms with Crippen LogP contribution < -0.4 is 14.8 Å². The smallest absolute Gasteiger partial charge is 0.278 e. The maximum atomic E-state index is 13.1. The third kappa shape index (κ3) is 3.90. The van der Waals surface area contributed by atoms with Gasteiger partial charge in [0, 0.05) is 23.9 Å². The summed E-state index contributed by atoms with van der Waals surface area (Å²) in [7, 11) is 3.07. The normalized spacial score (nSPS) is 15.5. The molecule has 2 heterocycles. The molecule has 3 aromatic rings. The molecule has 1 amide bonds. The van der Waals surface area contributed by atoms with Crippen molar-refractivity contribution >= 4 is 11.6 Å². The third-order valence-electron chi connectivity index (χ3n) is 4.66. The summed E-state index contributed by atoms with van der Waals surface area (Å²) in [6, 6.07) is 11.2. The van der Waals surface area contributed by atoms with Crippen molar-refractivity contribution in [2.24, 2.45) is 0 Å². The maximum absolute atomic E-state index is 13.1. The molecule has 8 nitrogen and oxygen atoms in total. The van der Waals surface area contributed by atoms with Gasteiger partial charge in [-0.1, -0.05) is 17.3 Å². The van der Waals surface area contributed by atoms with Crippen LogP contribution in [0.1, 0.15) is 27.8 Å². The van der Waals surface area contributed by atoms with E-state index in [0.717, 1.165) is 5.56 Å². The van der Waals surface area contributed by atoms with Crippen molar-refractivity contribution in [3.8, 4) is 11.5 Å². The number of fused-ring (bicyclic) bond motifs is 1. The van der Waals surface area contributed by atoms with Crippen LogP contribution in [0, 0.1) is 5.82 Å². The highest BCUT2D eigenvalue weighted by molar-refractivity contribution is 6.03. The molecule has 1 atom stereocenters. The second-order valence-electron chi connectivity index (χ2n) is 6.47. The first kappa shape index (κ1) is 18.9. The van der Waals surface area contributed by atoms with Gasteiger partial charge in [-0.15, -0.1) is 5.10 Å². The Morgan fingerprint density at radius 1 is 1.17 bits per heavy atom. The predicted molar refractivity (Wildman–Crippen MR) is 101 cm³/mol. The van der Waals surface area contributed by atoms with Crippen LogP contribution in [0.15, 0.2) is 42.5 Å². The zero-order chi connectivity index (χ0) is 20.4. The summed E-state index contributed by atoms with van der Waals surface area (Å²) >= 11 is 0. The number of hydrogen-bond acceptors (Lipinski definition) is 6. The van der Waals surface area contributed by atoms with E-state index in [4.69, 9.17) is 14.2 Å². The van der Waals surface area contributed by atoms with Gasteiger partial charge in [0.05, 0.1) is 33.1 Å². The highest BCUT2D eigenvalue weighted by Crippen LogP contribution is 2.29. The number of ether oxygens (including phenoxy) is 3. The number of carbonyl (C=O) groups is 1. The summed E-state index contributed by atoms with van der Waals surface area (Å²) in [6.07, 6.45) is -0.289. The fourth-order valence-electron chi connectivity index (χ4n) is 3.14. The second kappa shape index (κ2) is 7.88. The number of benzene rings is 2. The van der Waals surface area contributed by atoms with Crippen LogP contribution in [-0.2, 0) is 17.9 Å². The molecular formula is C20H19FN4O4. The highest BCUT2D eigenvalue weighted by atomic mass is 19.1. The molecule has 4 rings (SSSR count). The summed E-state index contributed by atoms with van der Waals surface area (Å²) in [5, 5.41) is 10.9. The largest absolute Gasteiger partial charge is 0.497 e. The van der Waals surface area contributed by atoms with Gasteiger partial charge in [0.1, 0.15) is 23.4 Å². The topological polar surface area (TPSA) is 87.5 Å². The van der Waals surface area contributed by atoms with E-state index in [9.17, 15) is 9.18 Å². The first-order valence-electron chi connectivity index (χ1n) is 8.91. The van der Waals surface area contributed by atoms with Crippen molar-refractivity contribution < 1.29 is 23.4 Å². The molecule has 0 unspecified atom stereocenters.